The van der Waals surface area contributed by atoms with Gasteiger partial charge in [-0.15, -0.1) is 0 Å². The summed E-state index contributed by atoms with van der Waals surface area (Å²) in [5.74, 6) is -1.06. The van der Waals surface area contributed by atoms with Gasteiger partial charge in [0, 0.05) is 57.6 Å². The third-order valence-electron chi connectivity index (χ3n) is 5.03. The Morgan fingerprint density at radius 3 is 2.54 bits per heavy atom. The molecule has 3 aliphatic heterocycles. The van der Waals surface area contributed by atoms with E-state index in [-0.39, 0.29) is 24.9 Å². The number of aliphatic hydroxyl groups is 1. The Bertz CT molecular complexity index is 594. The molecule has 132 valence electrons. The highest BCUT2D eigenvalue weighted by Crippen LogP contribution is 2.33. The maximum absolute atomic E-state index is 13.4. The summed E-state index contributed by atoms with van der Waals surface area (Å²) in [7, 11) is 0. The van der Waals surface area contributed by atoms with Crippen LogP contribution in [0.1, 0.15) is 30.9 Å². The van der Waals surface area contributed by atoms with Gasteiger partial charge >= 0.3 is 0 Å². The van der Waals surface area contributed by atoms with Gasteiger partial charge in [0.2, 0.25) is 5.95 Å². The molecule has 0 aliphatic carbocycles. The molecule has 3 aliphatic rings. The van der Waals surface area contributed by atoms with Crippen molar-refractivity contribution in [3.63, 3.8) is 0 Å². The quantitative estimate of drug-likeness (QED) is 0.897. The SMILES string of the molecule is OC1CN(c2nc([C@H]3CCOC3)cc(N3CCC(F)(F)CC3)n2)C1. The number of anilines is 2. The van der Waals surface area contributed by atoms with Crippen molar-refractivity contribution >= 4 is 11.8 Å². The summed E-state index contributed by atoms with van der Waals surface area (Å²) in [6, 6.07) is 1.92. The molecule has 0 saturated carbocycles. The second kappa shape index (κ2) is 6.07. The first-order valence-electron chi connectivity index (χ1n) is 8.53. The number of halogens is 2. The van der Waals surface area contributed by atoms with E-state index >= 15 is 0 Å². The van der Waals surface area contributed by atoms with Crippen molar-refractivity contribution in [2.45, 2.75) is 37.2 Å². The Labute approximate surface area is 139 Å². The first kappa shape index (κ1) is 16.0. The van der Waals surface area contributed by atoms with E-state index in [2.05, 4.69) is 9.97 Å². The van der Waals surface area contributed by atoms with Crippen molar-refractivity contribution in [1.82, 2.24) is 9.97 Å². The third kappa shape index (κ3) is 3.17. The lowest BCUT2D eigenvalue weighted by molar-refractivity contribution is -0.0221. The molecule has 4 heterocycles. The van der Waals surface area contributed by atoms with Crippen LogP contribution >= 0.6 is 0 Å². The molecular formula is C16H22F2N4O2. The fraction of sp³-hybridized carbons (Fsp3) is 0.750. The standard InChI is InChI=1S/C16H22F2N4O2/c17-16(18)2-4-21(5-3-16)14-7-13(11-1-6-24-10-11)19-15(20-14)22-8-12(23)9-22/h7,11-12,23H,1-6,8-10H2/t11-/m0/s1. The van der Waals surface area contributed by atoms with Crippen LogP contribution in [-0.2, 0) is 4.74 Å². The van der Waals surface area contributed by atoms with Crippen molar-refractivity contribution in [2.24, 2.45) is 0 Å². The Kier molecular flexibility index (Phi) is 4.04. The zero-order valence-corrected chi connectivity index (χ0v) is 13.5. The molecule has 1 atom stereocenters. The van der Waals surface area contributed by atoms with Crippen LogP contribution in [0.25, 0.3) is 0 Å². The normalized spacial score (nSPS) is 27.4. The van der Waals surface area contributed by atoms with Gasteiger partial charge in [-0.3, -0.25) is 0 Å². The van der Waals surface area contributed by atoms with Gasteiger partial charge in [0.25, 0.3) is 5.92 Å². The van der Waals surface area contributed by atoms with E-state index in [9.17, 15) is 13.9 Å². The summed E-state index contributed by atoms with van der Waals surface area (Å²) in [5.41, 5.74) is 0.909. The summed E-state index contributed by atoms with van der Waals surface area (Å²) in [6.07, 6.45) is 0.285. The van der Waals surface area contributed by atoms with E-state index in [0.717, 1.165) is 18.7 Å². The lowest BCUT2D eigenvalue weighted by Gasteiger charge is -2.37. The molecule has 24 heavy (non-hydrogen) atoms. The highest BCUT2D eigenvalue weighted by molar-refractivity contribution is 5.48. The first-order chi connectivity index (χ1) is 11.5. The van der Waals surface area contributed by atoms with Crippen LogP contribution in [0.15, 0.2) is 6.07 Å². The molecule has 0 radical (unpaired) electrons. The number of aromatic nitrogens is 2. The summed E-state index contributed by atoms with van der Waals surface area (Å²) in [4.78, 5) is 13.1. The van der Waals surface area contributed by atoms with Crippen LogP contribution in [0.2, 0.25) is 0 Å². The highest BCUT2D eigenvalue weighted by Gasteiger charge is 2.35. The van der Waals surface area contributed by atoms with Gasteiger partial charge < -0.3 is 19.6 Å². The molecule has 8 heteroatoms. The van der Waals surface area contributed by atoms with Crippen LogP contribution in [-0.4, -0.2) is 66.5 Å². The minimum atomic E-state index is -2.57. The number of piperidine rings is 1. The van der Waals surface area contributed by atoms with Crippen molar-refractivity contribution in [3.05, 3.63) is 11.8 Å². The van der Waals surface area contributed by atoms with E-state index in [0.29, 0.717) is 44.6 Å². The number of aliphatic hydroxyl groups excluding tert-OH is 1. The monoisotopic (exact) mass is 340 g/mol. The van der Waals surface area contributed by atoms with Gasteiger partial charge in [-0.25, -0.2) is 13.8 Å². The van der Waals surface area contributed by atoms with Gasteiger partial charge in [0.05, 0.1) is 18.4 Å². The molecule has 1 aromatic heterocycles. The van der Waals surface area contributed by atoms with Gasteiger partial charge in [0.1, 0.15) is 5.82 Å². The molecule has 0 bridgehead atoms. The van der Waals surface area contributed by atoms with Crippen LogP contribution in [0.3, 0.4) is 0 Å². The molecule has 4 rings (SSSR count). The maximum atomic E-state index is 13.4. The lowest BCUT2D eigenvalue weighted by atomic mass is 10.0. The number of nitrogens with zero attached hydrogens (tertiary/aromatic N) is 4. The summed E-state index contributed by atoms with van der Waals surface area (Å²) >= 11 is 0. The topological polar surface area (TPSA) is 61.7 Å². The van der Waals surface area contributed by atoms with Crippen molar-refractivity contribution in [2.75, 3.05) is 49.2 Å². The van der Waals surface area contributed by atoms with Crippen LogP contribution in [0.4, 0.5) is 20.5 Å². The number of hydrogen-bond acceptors (Lipinski definition) is 6. The Morgan fingerprint density at radius 1 is 1.17 bits per heavy atom. The molecule has 0 amide bonds. The smallest absolute Gasteiger partial charge is 0.251 e. The Balaban J connectivity index is 1.60. The van der Waals surface area contributed by atoms with E-state index in [1.165, 1.54) is 0 Å². The fourth-order valence-electron chi connectivity index (χ4n) is 3.40. The summed E-state index contributed by atoms with van der Waals surface area (Å²) in [6.45, 7) is 2.98. The minimum absolute atomic E-state index is 0.142. The van der Waals surface area contributed by atoms with Gasteiger partial charge in [0.15, 0.2) is 0 Å². The summed E-state index contributed by atoms with van der Waals surface area (Å²) in [5, 5.41) is 9.53. The molecule has 3 saturated heterocycles. The molecule has 1 aromatic rings. The average molecular weight is 340 g/mol. The van der Waals surface area contributed by atoms with Crippen LogP contribution in [0, 0.1) is 0 Å². The fourth-order valence-corrected chi connectivity index (χ4v) is 3.40. The maximum Gasteiger partial charge on any atom is 0.251 e. The van der Waals surface area contributed by atoms with Crippen LogP contribution in [0.5, 0.6) is 0 Å². The molecule has 0 aromatic carbocycles. The first-order valence-corrected chi connectivity index (χ1v) is 8.53. The van der Waals surface area contributed by atoms with E-state index < -0.39 is 5.92 Å². The number of hydrogen-bond donors (Lipinski definition) is 1. The molecule has 3 fully saturated rings. The number of ether oxygens (including phenoxy) is 1. The Hall–Kier alpha value is -1.54. The molecule has 0 unspecified atom stereocenters. The van der Waals surface area contributed by atoms with E-state index in [1.54, 1.807) is 0 Å². The zero-order valence-electron chi connectivity index (χ0n) is 13.5. The van der Waals surface area contributed by atoms with E-state index in [4.69, 9.17) is 4.74 Å². The van der Waals surface area contributed by atoms with Gasteiger partial charge in [-0.05, 0) is 6.42 Å². The predicted molar refractivity (Wildman–Crippen MR) is 84.8 cm³/mol. The van der Waals surface area contributed by atoms with Crippen molar-refractivity contribution in [3.8, 4) is 0 Å². The number of alkyl halides is 2. The Morgan fingerprint density at radius 2 is 1.92 bits per heavy atom. The van der Waals surface area contributed by atoms with Crippen LogP contribution < -0.4 is 9.80 Å². The van der Waals surface area contributed by atoms with Crippen molar-refractivity contribution < 1.29 is 18.6 Å². The number of rotatable bonds is 3. The predicted octanol–water partition coefficient (Wildman–Crippen LogP) is 1.40. The van der Waals surface area contributed by atoms with Gasteiger partial charge in [-0.1, -0.05) is 0 Å². The molecular weight excluding hydrogens is 318 g/mol. The molecule has 1 N–H and O–H groups in total. The number of β-amino-alcohol motifs (C(OH)–C–C–N with tert-alkyl or cyclic N) is 1. The second-order valence-corrected chi connectivity index (χ2v) is 6.91. The van der Waals surface area contributed by atoms with E-state index in [1.807, 2.05) is 15.9 Å². The lowest BCUT2D eigenvalue weighted by Crippen LogP contribution is -2.51. The molecule has 0 spiro atoms. The molecule has 6 nitrogen and oxygen atoms in total. The zero-order chi connectivity index (χ0) is 16.7. The summed E-state index contributed by atoms with van der Waals surface area (Å²) < 4.78 is 32.3. The second-order valence-electron chi connectivity index (χ2n) is 6.91. The highest BCUT2D eigenvalue weighted by atomic mass is 19.3. The van der Waals surface area contributed by atoms with Gasteiger partial charge in [-0.2, -0.15) is 4.98 Å². The largest absolute Gasteiger partial charge is 0.389 e. The minimum Gasteiger partial charge on any atom is -0.389 e. The average Bonchev–Trinajstić information content (AvgIpc) is 3.06. The van der Waals surface area contributed by atoms with Crippen molar-refractivity contribution in [1.29, 1.82) is 0 Å². The third-order valence-corrected chi connectivity index (χ3v) is 5.03.